The highest BCUT2D eigenvalue weighted by atomic mass is 32.1. The third-order valence-electron chi connectivity index (χ3n) is 2.65. The van der Waals surface area contributed by atoms with E-state index in [1.165, 1.54) is 0 Å². The summed E-state index contributed by atoms with van der Waals surface area (Å²) in [6.07, 6.45) is 5.16. The van der Waals surface area contributed by atoms with Gasteiger partial charge in [0.05, 0.1) is 17.9 Å². The molecule has 102 valence electrons. The van der Waals surface area contributed by atoms with Crippen LogP contribution in [0.3, 0.4) is 0 Å². The predicted molar refractivity (Wildman–Crippen MR) is 73.9 cm³/mol. The van der Waals surface area contributed by atoms with E-state index in [1.54, 1.807) is 42.0 Å². The number of aromatic nitrogens is 3. The van der Waals surface area contributed by atoms with Crippen LogP contribution in [0.5, 0.6) is 0 Å². The molecule has 2 N–H and O–H groups in total. The van der Waals surface area contributed by atoms with Crippen LogP contribution in [0.1, 0.15) is 20.4 Å². The van der Waals surface area contributed by atoms with E-state index in [-0.39, 0.29) is 5.91 Å². The van der Waals surface area contributed by atoms with Crippen LogP contribution in [-0.4, -0.2) is 38.9 Å². The van der Waals surface area contributed by atoms with Crippen LogP contribution >= 0.6 is 11.3 Å². The Morgan fingerprint density at radius 2 is 2.32 bits per heavy atom. The number of carbonyl (C=O) groups is 1. The Labute approximate surface area is 115 Å². The van der Waals surface area contributed by atoms with E-state index >= 15 is 0 Å². The maximum atomic E-state index is 12.2. The first-order chi connectivity index (χ1) is 9.10. The van der Waals surface area contributed by atoms with Gasteiger partial charge in [0.1, 0.15) is 5.69 Å². The van der Waals surface area contributed by atoms with E-state index in [9.17, 15) is 4.79 Å². The molecule has 2 aromatic rings. The lowest BCUT2D eigenvalue weighted by atomic mass is 10.4. The van der Waals surface area contributed by atoms with Gasteiger partial charge in [-0.1, -0.05) is 0 Å². The lowest BCUT2D eigenvalue weighted by molar-refractivity contribution is 0.0781. The van der Waals surface area contributed by atoms with Crippen LogP contribution in [0.2, 0.25) is 0 Å². The summed E-state index contributed by atoms with van der Waals surface area (Å²) in [6, 6.07) is 0. The van der Waals surface area contributed by atoms with Gasteiger partial charge in [-0.25, -0.2) is 9.97 Å². The number of nitrogens with two attached hydrogens (primary N) is 1. The Kier molecular flexibility index (Phi) is 4.28. The highest BCUT2D eigenvalue weighted by molar-refractivity contribution is 7.11. The lowest BCUT2D eigenvalue weighted by Crippen LogP contribution is -2.26. The molecule has 0 saturated heterocycles. The van der Waals surface area contributed by atoms with Crippen molar-refractivity contribution in [1.29, 1.82) is 0 Å². The zero-order chi connectivity index (χ0) is 13.8. The molecule has 0 spiro atoms. The summed E-state index contributed by atoms with van der Waals surface area (Å²) in [5.41, 5.74) is 5.90. The first-order valence-corrected chi connectivity index (χ1v) is 6.80. The molecule has 0 aromatic carbocycles. The molecule has 0 unspecified atom stereocenters. The number of nitrogens with zero attached hydrogens (tertiary/aromatic N) is 4. The molecule has 19 heavy (non-hydrogen) atoms. The molecule has 0 fully saturated rings. The van der Waals surface area contributed by atoms with Gasteiger partial charge in [0.15, 0.2) is 0 Å². The average Bonchev–Trinajstić information content (AvgIpc) is 2.98. The van der Waals surface area contributed by atoms with E-state index in [1.807, 2.05) is 11.5 Å². The number of amides is 1. The normalized spacial score (nSPS) is 10.7. The molecular formula is C12H17N5OS. The van der Waals surface area contributed by atoms with Crippen LogP contribution in [0.15, 0.2) is 18.7 Å². The van der Waals surface area contributed by atoms with Crippen molar-refractivity contribution < 1.29 is 4.79 Å². The molecule has 0 atom stereocenters. The van der Waals surface area contributed by atoms with Crippen LogP contribution in [0.25, 0.3) is 0 Å². The number of aryl methyl sites for hydroxylation is 1. The van der Waals surface area contributed by atoms with Gasteiger partial charge in [0.25, 0.3) is 5.91 Å². The maximum absolute atomic E-state index is 12.2. The quantitative estimate of drug-likeness (QED) is 0.881. The number of hydrogen-bond acceptors (Lipinski definition) is 5. The smallest absolute Gasteiger partial charge is 0.274 e. The second-order valence-electron chi connectivity index (χ2n) is 4.29. The van der Waals surface area contributed by atoms with Crippen LogP contribution in [0.4, 0.5) is 0 Å². The molecule has 0 aliphatic heterocycles. The number of rotatable bonds is 5. The van der Waals surface area contributed by atoms with Gasteiger partial charge in [-0.3, -0.25) is 4.79 Å². The largest absolute Gasteiger partial charge is 0.335 e. The van der Waals surface area contributed by atoms with Crippen molar-refractivity contribution in [2.75, 3.05) is 13.6 Å². The number of thiazole rings is 1. The highest BCUT2D eigenvalue weighted by Gasteiger charge is 2.15. The predicted octanol–water partition coefficient (Wildman–Crippen LogP) is 0.879. The molecule has 0 radical (unpaired) electrons. The van der Waals surface area contributed by atoms with Gasteiger partial charge >= 0.3 is 0 Å². The van der Waals surface area contributed by atoms with Crippen molar-refractivity contribution in [3.63, 3.8) is 0 Å². The molecule has 0 aliphatic carbocycles. The lowest BCUT2D eigenvalue weighted by Gasteiger charge is -2.14. The van der Waals surface area contributed by atoms with Crippen molar-refractivity contribution in [1.82, 2.24) is 19.4 Å². The molecule has 2 rings (SSSR count). The number of carbonyl (C=O) groups excluding carboxylic acids is 1. The third-order valence-corrected chi connectivity index (χ3v) is 3.55. The first-order valence-electron chi connectivity index (χ1n) is 5.98. The standard InChI is InChI=1S/C12H17N5OS/c1-9-14-5-10(19-9)6-16(2)12(18)11-7-17(4-3-13)8-15-11/h5,7-8H,3-4,6,13H2,1-2H3. The maximum Gasteiger partial charge on any atom is 0.274 e. The van der Waals surface area contributed by atoms with E-state index in [0.717, 1.165) is 9.88 Å². The van der Waals surface area contributed by atoms with Gasteiger partial charge < -0.3 is 15.2 Å². The molecule has 2 heterocycles. The van der Waals surface area contributed by atoms with E-state index < -0.39 is 0 Å². The van der Waals surface area contributed by atoms with Gasteiger partial charge in [0.2, 0.25) is 0 Å². The van der Waals surface area contributed by atoms with Gasteiger partial charge in [0, 0.05) is 37.4 Å². The van der Waals surface area contributed by atoms with Crippen LogP contribution in [-0.2, 0) is 13.1 Å². The van der Waals surface area contributed by atoms with E-state index in [2.05, 4.69) is 9.97 Å². The minimum atomic E-state index is -0.0955. The molecule has 2 aromatic heterocycles. The van der Waals surface area contributed by atoms with Crippen molar-refractivity contribution in [3.05, 3.63) is 34.3 Å². The van der Waals surface area contributed by atoms with Crippen LogP contribution in [0, 0.1) is 6.92 Å². The summed E-state index contributed by atoms with van der Waals surface area (Å²) in [5.74, 6) is -0.0955. The van der Waals surface area contributed by atoms with Crippen molar-refractivity contribution in [2.24, 2.45) is 5.73 Å². The second kappa shape index (κ2) is 5.94. The Balaban J connectivity index is 2.01. The van der Waals surface area contributed by atoms with Crippen molar-refractivity contribution in [2.45, 2.75) is 20.0 Å². The second-order valence-corrected chi connectivity index (χ2v) is 5.61. The fourth-order valence-electron chi connectivity index (χ4n) is 1.72. The van der Waals surface area contributed by atoms with Crippen molar-refractivity contribution >= 4 is 17.2 Å². The molecule has 0 aliphatic rings. The monoisotopic (exact) mass is 279 g/mol. The molecular weight excluding hydrogens is 262 g/mol. The highest BCUT2D eigenvalue weighted by Crippen LogP contribution is 2.14. The number of imidazole rings is 1. The third kappa shape index (κ3) is 3.39. The van der Waals surface area contributed by atoms with E-state index in [0.29, 0.717) is 25.3 Å². The van der Waals surface area contributed by atoms with E-state index in [4.69, 9.17) is 5.73 Å². The average molecular weight is 279 g/mol. The summed E-state index contributed by atoms with van der Waals surface area (Å²) in [5, 5.41) is 1.00. The van der Waals surface area contributed by atoms with Crippen LogP contribution < -0.4 is 5.73 Å². The zero-order valence-electron chi connectivity index (χ0n) is 11.0. The Hall–Kier alpha value is -1.73. The molecule has 7 heteroatoms. The Morgan fingerprint density at radius 3 is 2.95 bits per heavy atom. The fraction of sp³-hybridized carbons (Fsp3) is 0.417. The topological polar surface area (TPSA) is 77.0 Å². The molecule has 6 nitrogen and oxygen atoms in total. The minimum Gasteiger partial charge on any atom is -0.335 e. The summed E-state index contributed by atoms with van der Waals surface area (Å²) in [4.78, 5) is 23.2. The number of hydrogen-bond donors (Lipinski definition) is 1. The summed E-state index contributed by atoms with van der Waals surface area (Å²) < 4.78 is 1.82. The van der Waals surface area contributed by atoms with Gasteiger partial charge in [-0.15, -0.1) is 11.3 Å². The Bertz CT molecular complexity index is 562. The molecule has 0 saturated carbocycles. The zero-order valence-corrected chi connectivity index (χ0v) is 11.9. The minimum absolute atomic E-state index is 0.0955. The summed E-state index contributed by atoms with van der Waals surface area (Å²) in [7, 11) is 1.76. The summed E-state index contributed by atoms with van der Waals surface area (Å²) >= 11 is 1.59. The SMILES string of the molecule is Cc1ncc(CN(C)C(=O)c2cn(CCN)cn2)s1. The van der Waals surface area contributed by atoms with Crippen molar-refractivity contribution in [3.8, 4) is 0 Å². The fourth-order valence-corrected chi connectivity index (χ4v) is 2.57. The molecule has 1 amide bonds. The first kappa shape index (κ1) is 13.7. The summed E-state index contributed by atoms with van der Waals surface area (Å²) in [6.45, 7) is 3.69. The Morgan fingerprint density at radius 1 is 1.53 bits per heavy atom. The molecule has 0 bridgehead atoms. The van der Waals surface area contributed by atoms with Gasteiger partial charge in [-0.05, 0) is 6.92 Å². The van der Waals surface area contributed by atoms with Gasteiger partial charge in [-0.2, -0.15) is 0 Å².